The Balaban J connectivity index is 2.01. The zero-order chi connectivity index (χ0) is 20.6. The van der Waals surface area contributed by atoms with Crippen LogP contribution in [0.4, 0.5) is 0 Å². The van der Waals surface area contributed by atoms with Gasteiger partial charge in [0.1, 0.15) is 11.8 Å². The molecule has 1 fully saturated rings. The summed E-state index contributed by atoms with van der Waals surface area (Å²) in [7, 11) is 0. The number of thiophene rings is 1. The molecule has 0 unspecified atom stereocenters. The first kappa shape index (κ1) is 21.1. The number of carbonyl (C=O) groups excluding carboxylic acids is 2. The molecular weight excluding hydrogens is 384 g/mol. The van der Waals surface area contributed by atoms with E-state index in [2.05, 4.69) is 11.9 Å². The highest BCUT2D eigenvalue weighted by atomic mass is 32.1. The van der Waals surface area contributed by atoms with E-state index in [1.807, 2.05) is 42.6 Å². The van der Waals surface area contributed by atoms with Crippen molar-refractivity contribution < 1.29 is 14.3 Å². The summed E-state index contributed by atoms with van der Waals surface area (Å²) in [6.07, 6.45) is 5.85. The van der Waals surface area contributed by atoms with Gasteiger partial charge in [-0.15, -0.1) is 17.9 Å². The third kappa shape index (κ3) is 5.07. The Morgan fingerprint density at radius 3 is 2.69 bits per heavy atom. The summed E-state index contributed by atoms with van der Waals surface area (Å²) >= 11 is 1.37. The number of hydrogen-bond acceptors (Lipinski definition) is 4. The van der Waals surface area contributed by atoms with Crippen LogP contribution in [0.1, 0.15) is 53.9 Å². The maximum Gasteiger partial charge on any atom is 0.265 e. The number of benzene rings is 1. The van der Waals surface area contributed by atoms with Crippen molar-refractivity contribution in [1.82, 2.24) is 10.2 Å². The molecule has 1 aromatic carbocycles. The Morgan fingerprint density at radius 2 is 2.03 bits per heavy atom. The van der Waals surface area contributed by atoms with E-state index in [1.54, 1.807) is 17.0 Å². The molecule has 1 aromatic heterocycles. The highest BCUT2D eigenvalue weighted by molar-refractivity contribution is 7.12. The molecule has 0 saturated heterocycles. The second-order valence-electron chi connectivity index (χ2n) is 7.09. The lowest BCUT2D eigenvalue weighted by molar-refractivity contribution is -0.126. The second kappa shape index (κ2) is 10.3. The number of nitrogens with one attached hydrogen (secondary N) is 1. The third-order valence-electron chi connectivity index (χ3n) is 5.09. The van der Waals surface area contributed by atoms with Gasteiger partial charge in [0.2, 0.25) is 5.91 Å². The zero-order valence-corrected chi connectivity index (χ0v) is 17.6. The Kier molecular flexibility index (Phi) is 7.47. The van der Waals surface area contributed by atoms with E-state index in [9.17, 15) is 9.59 Å². The molecule has 2 aromatic rings. The highest BCUT2D eigenvalue weighted by Crippen LogP contribution is 2.32. The van der Waals surface area contributed by atoms with Gasteiger partial charge in [0.25, 0.3) is 5.91 Å². The first-order valence-corrected chi connectivity index (χ1v) is 11.0. The smallest absolute Gasteiger partial charge is 0.265 e. The minimum atomic E-state index is -0.786. The molecule has 1 atom stereocenters. The average Bonchev–Trinajstić information content (AvgIpc) is 3.42. The number of nitrogens with zero attached hydrogens (tertiary/aromatic N) is 1. The van der Waals surface area contributed by atoms with Gasteiger partial charge in [-0.25, -0.2) is 0 Å². The number of para-hydroxylation sites is 1. The van der Waals surface area contributed by atoms with Crippen LogP contribution < -0.4 is 10.1 Å². The van der Waals surface area contributed by atoms with Gasteiger partial charge in [0.15, 0.2) is 0 Å². The molecule has 1 aliphatic carbocycles. The summed E-state index contributed by atoms with van der Waals surface area (Å²) < 4.78 is 5.80. The van der Waals surface area contributed by atoms with Gasteiger partial charge in [-0.3, -0.25) is 9.59 Å². The van der Waals surface area contributed by atoms with Gasteiger partial charge in [-0.05, 0) is 37.3 Å². The van der Waals surface area contributed by atoms with E-state index in [4.69, 9.17) is 4.74 Å². The van der Waals surface area contributed by atoms with Crippen LogP contribution in [-0.4, -0.2) is 35.9 Å². The molecule has 1 saturated carbocycles. The van der Waals surface area contributed by atoms with Crippen molar-refractivity contribution in [1.29, 1.82) is 0 Å². The number of hydrogen-bond donors (Lipinski definition) is 1. The minimum absolute atomic E-state index is 0.159. The van der Waals surface area contributed by atoms with Crippen molar-refractivity contribution in [3.8, 4) is 5.75 Å². The molecule has 1 aliphatic rings. The molecule has 6 heteroatoms. The minimum Gasteiger partial charge on any atom is -0.494 e. The summed E-state index contributed by atoms with van der Waals surface area (Å²) in [5.74, 6) is 0.267. The molecule has 0 aliphatic heterocycles. The van der Waals surface area contributed by atoms with E-state index in [1.165, 1.54) is 11.3 Å². The zero-order valence-electron chi connectivity index (χ0n) is 16.8. The molecule has 1 heterocycles. The van der Waals surface area contributed by atoms with Gasteiger partial charge >= 0.3 is 0 Å². The van der Waals surface area contributed by atoms with Gasteiger partial charge in [0.05, 0.1) is 11.5 Å². The first-order chi connectivity index (χ1) is 14.2. The molecule has 3 rings (SSSR count). The summed E-state index contributed by atoms with van der Waals surface area (Å²) in [6, 6.07) is 10.4. The monoisotopic (exact) mass is 412 g/mol. The summed E-state index contributed by atoms with van der Waals surface area (Å²) in [5.41, 5.74) is 0.691. The maximum absolute atomic E-state index is 13.5. The van der Waals surface area contributed by atoms with Crippen LogP contribution >= 0.6 is 11.3 Å². The molecule has 5 nitrogen and oxygen atoms in total. The van der Waals surface area contributed by atoms with Crippen molar-refractivity contribution in [3.05, 3.63) is 64.9 Å². The normalized spacial score (nSPS) is 14.9. The van der Waals surface area contributed by atoms with Crippen LogP contribution in [-0.2, 0) is 4.79 Å². The quantitative estimate of drug-likeness (QED) is 0.614. The van der Waals surface area contributed by atoms with E-state index in [0.29, 0.717) is 22.8 Å². The first-order valence-electron chi connectivity index (χ1n) is 10.1. The topological polar surface area (TPSA) is 58.6 Å². The van der Waals surface area contributed by atoms with Crippen LogP contribution in [0.3, 0.4) is 0 Å². The molecule has 0 radical (unpaired) electrons. The van der Waals surface area contributed by atoms with Crippen molar-refractivity contribution in [2.24, 2.45) is 0 Å². The Bertz CT molecular complexity index is 828. The van der Waals surface area contributed by atoms with E-state index in [0.717, 1.165) is 25.7 Å². The van der Waals surface area contributed by atoms with E-state index >= 15 is 0 Å². The molecule has 154 valence electrons. The maximum atomic E-state index is 13.5. The average molecular weight is 413 g/mol. The van der Waals surface area contributed by atoms with Crippen LogP contribution in [0.2, 0.25) is 0 Å². The Morgan fingerprint density at radius 1 is 1.28 bits per heavy atom. The fourth-order valence-corrected chi connectivity index (χ4v) is 4.46. The molecule has 1 N–H and O–H groups in total. The van der Waals surface area contributed by atoms with Crippen LogP contribution in [0, 0.1) is 0 Å². The lowest BCUT2D eigenvalue weighted by Gasteiger charge is -2.32. The molecule has 0 bridgehead atoms. The Labute approximate surface area is 176 Å². The largest absolute Gasteiger partial charge is 0.494 e. The van der Waals surface area contributed by atoms with Gasteiger partial charge in [0, 0.05) is 18.2 Å². The number of amides is 2. The van der Waals surface area contributed by atoms with E-state index in [-0.39, 0.29) is 24.4 Å². The second-order valence-corrected chi connectivity index (χ2v) is 8.03. The predicted molar refractivity (Wildman–Crippen MR) is 116 cm³/mol. The lowest BCUT2D eigenvalue weighted by atomic mass is 10.0. The van der Waals surface area contributed by atoms with E-state index < -0.39 is 6.04 Å². The van der Waals surface area contributed by atoms with Crippen molar-refractivity contribution in [2.75, 3.05) is 13.2 Å². The standard InChI is InChI=1S/C23H28N2O3S/c1-3-15-25(23(27)20-14-9-16-29-20)21(22(26)24-17-10-5-6-11-17)18-12-7-8-13-19(18)28-4-2/h3,7-9,12-14,16-17,21H,1,4-6,10-11,15H2,2H3,(H,24,26)/t21-/m0/s1. The van der Waals surface area contributed by atoms with Crippen molar-refractivity contribution >= 4 is 23.2 Å². The lowest BCUT2D eigenvalue weighted by Crippen LogP contribution is -2.46. The fourth-order valence-electron chi connectivity index (χ4n) is 3.78. The van der Waals surface area contributed by atoms with Gasteiger partial charge < -0.3 is 15.0 Å². The molecule has 0 spiro atoms. The molecule has 2 amide bonds. The van der Waals surface area contributed by atoms with Crippen LogP contribution in [0.15, 0.2) is 54.4 Å². The highest BCUT2D eigenvalue weighted by Gasteiger charge is 2.35. The van der Waals surface area contributed by atoms with Gasteiger partial charge in [-0.2, -0.15) is 0 Å². The summed E-state index contributed by atoms with van der Waals surface area (Å²) in [5, 5.41) is 5.03. The number of ether oxygens (including phenoxy) is 1. The van der Waals surface area contributed by atoms with Crippen molar-refractivity contribution in [2.45, 2.75) is 44.7 Å². The summed E-state index contributed by atoms with van der Waals surface area (Å²) in [4.78, 5) is 28.9. The predicted octanol–water partition coefficient (Wildman–Crippen LogP) is 4.58. The molecule has 29 heavy (non-hydrogen) atoms. The number of carbonyl (C=O) groups is 2. The number of rotatable bonds is 9. The SMILES string of the molecule is C=CCN(C(=O)c1cccs1)[C@H](C(=O)NC1CCCC1)c1ccccc1OCC. The molecular formula is C23H28N2O3S. The van der Waals surface area contributed by atoms with Crippen LogP contribution in [0.25, 0.3) is 0 Å². The van der Waals surface area contributed by atoms with Crippen LogP contribution in [0.5, 0.6) is 5.75 Å². The van der Waals surface area contributed by atoms with Crippen molar-refractivity contribution in [3.63, 3.8) is 0 Å². The Hall–Kier alpha value is -2.60. The van der Waals surface area contributed by atoms with Gasteiger partial charge in [-0.1, -0.05) is 43.2 Å². The fraction of sp³-hybridized carbons (Fsp3) is 0.391. The third-order valence-corrected chi connectivity index (χ3v) is 5.95. The summed E-state index contributed by atoms with van der Waals surface area (Å²) in [6.45, 7) is 6.46.